The molecular formula is C14H15BrN2OS. The van der Waals surface area contributed by atoms with Gasteiger partial charge in [0.05, 0.1) is 0 Å². The smallest absolute Gasteiger partial charge is 0.225 e. The van der Waals surface area contributed by atoms with Crippen LogP contribution in [-0.4, -0.2) is 10.9 Å². The molecule has 3 nitrogen and oxygen atoms in total. The van der Waals surface area contributed by atoms with Crippen molar-refractivity contribution in [2.24, 2.45) is 0 Å². The third-order valence-corrected chi connectivity index (χ3v) is 4.34. The van der Waals surface area contributed by atoms with Gasteiger partial charge in [-0.2, -0.15) is 0 Å². The molecule has 0 spiro atoms. The summed E-state index contributed by atoms with van der Waals surface area (Å²) in [7, 11) is 0. The molecule has 100 valence electrons. The van der Waals surface area contributed by atoms with E-state index in [0.717, 1.165) is 17.3 Å². The number of aromatic nitrogens is 1. The van der Waals surface area contributed by atoms with Gasteiger partial charge >= 0.3 is 0 Å². The van der Waals surface area contributed by atoms with E-state index in [9.17, 15) is 4.79 Å². The number of hydrogen-bond donors (Lipinski definition) is 1. The molecule has 19 heavy (non-hydrogen) atoms. The molecule has 0 saturated carbocycles. The zero-order chi connectivity index (χ0) is 13.7. The largest absolute Gasteiger partial charge is 0.311 e. The normalized spacial score (nSPS) is 10.4. The van der Waals surface area contributed by atoms with E-state index in [4.69, 9.17) is 0 Å². The van der Waals surface area contributed by atoms with Gasteiger partial charge in [0.1, 0.15) is 5.82 Å². The fraction of sp³-hybridized carbons (Fsp3) is 0.286. The van der Waals surface area contributed by atoms with Gasteiger partial charge in [-0.25, -0.2) is 4.98 Å². The molecule has 0 saturated heterocycles. The number of carbonyl (C=O) groups is 1. The summed E-state index contributed by atoms with van der Waals surface area (Å²) in [6.07, 6.45) is 4.00. The zero-order valence-electron chi connectivity index (χ0n) is 10.6. The second-order valence-corrected chi connectivity index (χ2v) is 6.20. The number of nitrogens with zero attached hydrogens (tertiary/aromatic N) is 1. The molecule has 1 amide bonds. The summed E-state index contributed by atoms with van der Waals surface area (Å²) < 4.78 is 0.909. The van der Waals surface area contributed by atoms with Crippen LogP contribution in [0, 0.1) is 6.92 Å². The average molecular weight is 339 g/mol. The Balaban J connectivity index is 1.77. The van der Waals surface area contributed by atoms with Gasteiger partial charge in [0, 0.05) is 22.0 Å². The third kappa shape index (κ3) is 4.44. The van der Waals surface area contributed by atoms with E-state index < -0.39 is 0 Å². The van der Waals surface area contributed by atoms with E-state index in [2.05, 4.69) is 44.6 Å². The van der Waals surface area contributed by atoms with E-state index in [0.29, 0.717) is 12.2 Å². The molecule has 0 fully saturated rings. The highest BCUT2D eigenvalue weighted by Crippen LogP contribution is 2.18. The maximum atomic E-state index is 11.8. The Labute approximate surface area is 125 Å². The van der Waals surface area contributed by atoms with Gasteiger partial charge in [-0.3, -0.25) is 4.79 Å². The van der Waals surface area contributed by atoms with Crippen molar-refractivity contribution in [3.8, 4) is 0 Å². The van der Waals surface area contributed by atoms with Crippen LogP contribution >= 0.6 is 27.3 Å². The number of pyridine rings is 1. The standard InChI is InChI=1S/C14H15BrN2OS/c1-10-6-8-19-12(10)3-2-4-14(18)17-13-9-11(15)5-7-16-13/h5-9H,2-4H2,1H3,(H,16,17,18). The Hall–Kier alpha value is -1.20. The van der Waals surface area contributed by atoms with Crippen LogP contribution in [-0.2, 0) is 11.2 Å². The third-order valence-electron chi connectivity index (χ3n) is 2.77. The molecule has 0 bridgehead atoms. The van der Waals surface area contributed by atoms with E-state index in [-0.39, 0.29) is 5.91 Å². The Kier molecular flexibility index (Phi) is 5.10. The molecular weight excluding hydrogens is 324 g/mol. The number of aryl methyl sites for hydroxylation is 2. The molecule has 2 heterocycles. The highest BCUT2D eigenvalue weighted by Gasteiger charge is 2.05. The lowest BCUT2D eigenvalue weighted by Gasteiger charge is -2.04. The van der Waals surface area contributed by atoms with Crippen molar-refractivity contribution in [2.75, 3.05) is 5.32 Å². The maximum absolute atomic E-state index is 11.8. The van der Waals surface area contributed by atoms with Crippen LogP contribution < -0.4 is 5.32 Å². The number of nitrogens with one attached hydrogen (secondary N) is 1. The maximum Gasteiger partial charge on any atom is 0.225 e. The van der Waals surface area contributed by atoms with Crippen molar-refractivity contribution in [1.29, 1.82) is 0 Å². The van der Waals surface area contributed by atoms with Crippen molar-refractivity contribution in [1.82, 2.24) is 4.98 Å². The highest BCUT2D eigenvalue weighted by atomic mass is 79.9. The quantitative estimate of drug-likeness (QED) is 0.888. The average Bonchev–Trinajstić information content (AvgIpc) is 2.75. The minimum atomic E-state index is 0.0137. The van der Waals surface area contributed by atoms with Crippen molar-refractivity contribution in [3.05, 3.63) is 44.7 Å². The van der Waals surface area contributed by atoms with Crippen LogP contribution in [0.5, 0.6) is 0 Å². The van der Waals surface area contributed by atoms with E-state index in [1.54, 1.807) is 23.6 Å². The first kappa shape index (κ1) is 14.2. The number of hydrogen-bond acceptors (Lipinski definition) is 3. The molecule has 2 aromatic rings. The van der Waals surface area contributed by atoms with Gasteiger partial charge < -0.3 is 5.32 Å². The zero-order valence-corrected chi connectivity index (χ0v) is 13.1. The van der Waals surface area contributed by atoms with E-state index in [1.807, 2.05) is 6.07 Å². The predicted octanol–water partition coefficient (Wildman–Crippen LogP) is 4.18. The van der Waals surface area contributed by atoms with Crippen molar-refractivity contribution in [3.63, 3.8) is 0 Å². The molecule has 2 rings (SSSR count). The Morgan fingerprint density at radius 1 is 1.47 bits per heavy atom. The minimum absolute atomic E-state index is 0.0137. The molecule has 0 atom stereocenters. The SMILES string of the molecule is Cc1ccsc1CCCC(=O)Nc1cc(Br)ccn1. The molecule has 0 unspecified atom stereocenters. The first-order chi connectivity index (χ1) is 9.15. The second kappa shape index (κ2) is 6.82. The Morgan fingerprint density at radius 3 is 3.00 bits per heavy atom. The summed E-state index contributed by atoms with van der Waals surface area (Å²) in [5.74, 6) is 0.603. The summed E-state index contributed by atoms with van der Waals surface area (Å²) in [4.78, 5) is 17.2. The van der Waals surface area contributed by atoms with Crippen LogP contribution in [0.4, 0.5) is 5.82 Å². The second-order valence-electron chi connectivity index (χ2n) is 4.29. The predicted molar refractivity (Wildman–Crippen MR) is 82.6 cm³/mol. The fourth-order valence-corrected chi connectivity index (χ4v) is 3.04. The first-order valence-electron chi connectivity index (χ1n) is 6.09. The summed E-state index contributed by atoms with van der Waals surface area (Å²) in [5.41, 5.74) is 1.32. The summed E-state index contributed by atoms with van der Waals surface area (Å²) in [6.45, 7) is 2.11. The number of halogens is 1. The number of rotatable bonds is 5. The van der Waals surface area contributed by atoms with Gasteiger partial charge in [-0.05, 0) is 48.9 Å². The van der Waals surface area contributed by atoms with Gasteiger partial charge in [-0.15, -0.1) is 11.3 Å². The Bertz CT molecular complexity index is 568. The van der Waals surface area contributed by atoms with Crippen LogP contribution in [0.15, 0.2) is 34.2 Å². The van der Waals surface area contributed by atoms with Crippen molar-refractivity contribution in [2.45, 2.75) is 26.2 Å². The van der Waals surface area contributed by atoms with Gasteiger partial charge in [0.2, 0.25) is 5.91 Å². The molecule has 5 heteroatoms. The lowest BCUT2D eigenvalue weighted by molar-refractivity contribution is -0.116. The van der Waals surface area contributed by atoms with Crippen LogP contribution in [0.1, 0.15) is 23.3 Å². The topological polar surface area (TPSA) is 42.0 Å². The number of thiophene rings is 1. The number of amides is 1. The highest BCUT2D eigenvalue weighted by molar-refractivity contribution is 9.10. The van der Waals surface area contributed by atoms with Gasteiger partial charge in [0.25, 0.3) is 0 Å². The summed E-state index contributed by atoms with van der Waals surface area (Å²) in [6, 6.07) is 5.74. The molecule has 0 aliphatic heterocycles. The minimum Gasteiger partial charge on any atom is -0.311 e. The molecule has 0 aliphatic carbocycles. The molecule has 1 N–H and O–H groups in total. The van der Waals surface area contributed by atoms with E-state index in [1.165, 1.54) is 10.4 Å². The van der Waals surface area contributed by atoms with Crippen LogP contribution in [0.3, 0.4) is 0 Å². The van der Waals surface area contributed by atoms with Gasteiger partial charge in [-0.1, -0.05) is 15.9 Å². The molecule has 0 aliphatic rings. The Morgan fingerprint density at radius 2 is 2.32 bits per heavy atom. The summed E-state index contributed by atoms with van der Waals surface area (Å²) in [5, 5.41) is 4.89. The number of carbonyl (C=O) groups excluding carboxylic acids is 1. The molecule has 2 aromatic heterocycles. The van der Waals surface area contributed by atoms with E-state index >= 15 is 0 Å². The van der Waals surface area contributed by atoms with Gasteiger partial charge in [0.15, 0.2) is 0 Å². The van der Waals surface area contributed by atoms with Crippen molar-refractivity contribution >= 4 is 39.0 Å². The summed E-state index contributed by atoms with van der Waals surface area (Å²) >= 11 is 5.11. The molecule has 0 aromatic carbocycles. The van der Waals surface area contributed by atoms with Crippen LogP contribution in [0.2, 0.25) is 0 Å². The number of anilines is 1. The monoisotopic (exact) mass is 338 g/mol. The van der Waals surface area contributed by atoms with Crippen molar-refractivity contribution < 1.29 is 4.79 Å². The lowest BCUT2D eigenvalue weighted by Crippen LogP contribution is -2.12. The first-order valence-corrected chi connectivity index (χ1v) is 7.77. The lowest BCUT2D eigenvalue weighted by atomic mass is 10.1. The van der Waals surface area contributed by atoms with Crippen LogP contribution in [0.25, 0.3) is 0 Å². The molecule has 0 radical (unpaired) electrons. The fourth-order valence-electron chi connectivity index (χ4n) is 1.75.